The smallest absolute Gasteiger partial charge is 0.192 e. The second-order valence-electron chi connectivity index (χ2n) is 7.19. The fourth-order valence-corrected chi connectivity index (χ4v) is 3.21. The summed E-state index contributed by atoms with van der Waals surface area (Å²) < 4.78 is 7.81. The van der Waals surface area contributed by atoms with Crippen LogP contribution in [0.15, 0.2) is 29.3 Å². The highest BCUT2D eigenvalue weighted by atomic mass is 16.5. The molecule has 0 spiro atoms. The van der Waals surface area contributed by atoms with Crippen molar-refractivity contribution in [3.8, 4) is 5.75 Å². The fraction of sp³-hybridized carbons (Fsp3) is 0.526. The molecule has 4 rings (SSSR count). The van der Waals surface area contributed by atoms with Crippen molar-refractivity contribution >= 4 is 5.96 Å². The molecule has 1 aliphatic heterocycles. The number of rotatable bonds is 5. The number of guanidine groups is 1. The Labute approximate surface area is 153 Å². The maximum atomic E-state index is 5.83. The zero-order valence-electron chi connectivity index (χ0n) is 15.6. The van der Waals surface area contributed by atoms with Gasteiger partial charge < -0.3 is 19.9 Å². The zero-order chi connectivity index (χ0) is 18.1. The monoisotopic (exact) mass is 354 g/mol. The molecule has 7 nitrogen and oxygen atoms in total. The second kappa shape index (κ2) is 6.97. The summed E-state index contributed by atoms with van der Waals surface area (Å²) in [4.78, 5) is 4.75. The third-order valence-electron chi connectivity index (χ3n) is 5.18. The quantitative estimate of drug-likeness (QED) is 0.633. The van der Waals surface area contributed by atoms with Crippen LogP contribution in [0.25, 0.3) is 0 Å². The van der Waals surface area contributed by atoms with E-state index < -0.39 is 0 Å². The van der Waals surface area contributed by atoms with Crippen molar-refractivity contribution in [1.29, 1.82) is 0 Å². The van der Waals surface area contributed by atoms with Crippen molar-refractivity contribution in [2.45, 2.75) is 51.2 Å². The molecule has 2 aliphatic rings. The molecule has 2 atom stereocenters. The average Bonchev–Trinajstić information content (AvgIpc) is 3.26. The SMILES string of the molecule is Cc1nnc(CN=C(NC2CC2)NC(C)C2COc3ccccc32)n1C. The molecule has 2 aromatic rings. The van der Waals surface area contributed by atoms with E-state index in [1.165, 1.54) is 18.4 Å². The highest BCUT2D eigenvalue weighted by Gasteiger charge is 2.30. The van der Waals surface area contributed by atoms with Gasteiger partial charge in [0, 0.05) is 30.6 Å². The average molecular weight is 354 g/mol. The van der Waals surface area contributed by atoms with E-state index in [0.29, 0.717) is 25.1 Å². The predicted octanol–water partition coefficient (Wildman–Crippen LogP) is 1.89. The van der Waals surface area contributed by atoms with Crippen LogP contribution in [-0.2, 0) is 13.6 Å². The molecule has 1 saturated carbocycles. The summed E-state index contributed by atoms with van der Waals surface area (Å²) in [6.45, 7) is 5.34. The molecule has 0 amide bonds. The van der Waals surface area contributed by atoms with Gasteiger partial charge in [0.05, 0.1) is 6.61 Å². The van der Waals surface area contributed by atoms with Crippen molar-refractivity contribution in [1.82, 2.24) is 25.4 Å². The molecule has 0 bridgehead atoms. The van der Waals surface area contributed by atoms with Gasteiger partial charge in [0.15, 0.2) is 11.8 Å². The predicted molar refractivity (Wildman–Crippen MR) is 100 cm³/mol. The van der Waals surface area contributed by atoms with Gasteiger partial charge in [-0.15, -0.1) is 10.2 Å². The number of hydrogen-bond acceptors (Lipinski definition) is 4. The van der Waals surface area contributed by atoms with E-state index in [2.05, 4.69) is 39.9 Å². The van der Waals surface area contributed by atoms with Crippen molar-refractivity contribution < 1.29 is 4.74 Å². The minimum absolute atomic E-state index is 0.213. The summed E-state index contributed by atoms with van der Waals surface area (Å²) in [5, 5.41) is 15.4. The number of fused-ring (bicyclic) bond motifs is 1. The molecule has 26 heavy (non-hydrogen) atoms. The van der Waals surface area contributed by atoms with Crippen molar-refractivity contribution in [2.75, 3.05) is 6.61 Å². The lowest BCUT2D eigenvalue weighted by Crippen LogP contribution is -2.45. The lowest BCUT2D eigenvalue weighted by atomic mass is 9.94. The number of ether oxygens (including phenoxy) is 1. The molecule has 1 fully saturated rings. The Hall–Kier alpha value is -2.57. The zero-order valence-corrected chi connectivity index (χ0v) is 15.6. The maximum absolute atomic E-state index is 5.83. The first-order valence-electron chi connectivity index (χ1n) is 9.26. The molecular formula is C19H26N6O. The minimum atomic E-state index is 0.213. The number of hydrogen-bond donors (Lipinski definition) is 2. The van der Waals surface area contributed by atoms with Crippen molar-refractivity contribution in [3.63, 3.8) is 0 Å². The van der Waals surface area contributed by atoms with Crippen molar-refractivity contribution in [2.24, 2.45) is 12.0 Å². The number of aliphatic imine (C=N–C) groups is 1. The normalized spacial score (nSPS) is 20.4. The molecule has 0 saturated heterocycles. The molecule has 2 heterocycles. The first-order valence-corrected chi connectivity index (χ1v) is 9.26. The van der Waals surface area contributed by atoms with Crippen LogP contribution in [0.1, 0.15) is 42.9 Å². The molecule has 2 unspecified atom stereocenters. The molecular weight excluding hydrogens is 328 g/mol. The first kappa shape index (κ1) is 16.9. The van der Waals surface area contributed by atoms with Crippen LogP contribution in [0.2, 0.25) is 0 Å². The van der Waals surface area contributed by atoms with E-state index >= 15 is 0 Å². The minimum Gasteiger partial charge on any atom is -0.493 e. The Morgan fingerprint density at radius 2 is 2.15 bits per heavy atom. The summed E-state index contributed by atoms with van der Waals surface area (Å²) in [5.41, 5.74) is 1.27. The Bertz CT molecular complexity index is 810. The summed E-state index contributed by atoms with van der Waals surface area (Å²) in [6.07, 6.45) is 2.40. The van der Waals surface area contributed by atoms with E-state index in [0.717, 1.165) is 23.4 Å². The molecule has 1 aromatic heterocycles. The maximum Gasteiger partial charge on any atom is 0.192 e. The Morgan fingerprint density at radius 1 is 1.35 bits per heavy atom. The van der Waals surface area contributed by atoms with Gasteiger partial charge >= 0.3 is 0 Å². The van der Waals surface area contributed by atoms with Gasteiger partial charge in [-0.3, -0.25) is 0 Å². The van der Waals surface area contributed by atoms with Gasteiger partial charge in [0.2, 0.25) is 0 Å². The van der Waals surface area contributed by atoms with Crippen molar-refractivity contribution in [3.05, 3.63) is 41.5 Å². The summed E-state index contributed by atoms with van der Waals surface area (Å²) in [5.74, 6) is 3.91. The molecule has 0 radical (unpaired) electrons. The third kappa shape index (κ3) is 3.52. The van der Waals surface area contributed by atoms with Crippen LogP contribution in [-0.4, -0.2) is 39.4 Å². The van der Waals surface area contributed by atoms with E-state index in [1.807, 2.05) is 30.7 Å². The Balaban J connectivity index is 1.46. The summed E-state index contributed by atoms with van der Waals surface area (Å²) in [6, 6.07) is 9.02. The van der Waals surface area contributed by atoms with Gasteiger partial charge in [-0.05, 0) is 32.8 Å². The molecule has 7 heteroatoms. The van der Waals surface area contributed by atoms with E-state index in [9.17, 15) is 0 Å². The van der Waals surface area contributed by atoms with Gasteiger partial charge in [-0.25, -0.2) is 4.99 Å². The number of aromatic nitrogens is 3. The Kier molecular flexibility index (Phi) is 4.53. The molecule has 1 aromatic carbocycles. The third-order valence-corrected chi connectivity index (χ3v) is 5.18. The van der Waals surface area contributed by atoms with Crippen LogP contribution in [0.3, 0.4) is 0 Å². The van der Waals surface area contributed by atoms with E-state index in [-0.39, 0.29) is 6.04 Å². The van der Waals surface area contributed by atoms with Gasteiger partial charge in [0.25, 0.3) is 0 Å². The van der Waals surface area contributed by atoms with Crippen LogP contribution < -0.4 is 15.4 Å². The first-order chi connectivity index (χ1) is 12.6. The molecule has 1 aliphatic carbocycles. The highest BCUT2D eigenvalue weighted by molar-refractivity contribution is 5.80. The summed E-state index contributed by atoms with van der Waals surface area (Å²) >= 11 is 0. The summed E-state index contributed by atoms with van der Waals surface area (Å²) in [7, 11) is 1.97. The molecule has 138 valence electrons. The number of benzene rings is 1. The number of aryl methyl sites for hydroxylation is 1. The largest absolute Gasteiger partial charge is 0.493 e. The van der Waals surface area contributed by atoms with Gasteiger partial charge in [0.1, 0.15) is 18.1 Å². The lowest BCUT2D eigenvalue weighted by Gasteiger charge is -2.22. The highest BCUT2D eigenvalue weighted by Crippen LogP contribution is 2.35. The van der Waals surface area contributed by atoms with E-state index in [1.54, 1.807) is 0 Å². The topological polar surface area (TPSA) is 76.4 Å². The van der Waals surface area contributed by atoms with Gasteiger partial charge in [-0.1, -0.05) is 18.2 Å². The lowest BCUT2D eigenvalue weighted by molar-refractivity contribution is 0.312. The Morgan fingerprint density at radius 3 is 2.88 bits per heavy atom. The van der Waals surface area contributed by atoms with Crippen LogP contribution in [0.5, 0.6) is 5.75 Å². The second-order valence-corrected chi connectivity index (χ2v) is 7.19. The van der Waals surface area contributed by atoms with E-state index in [4.69, 9.17) is 9.73 Å². The number of nitrogens with zero attached hydrogens (tertiary/aromatic N) is 4. The number of para-hydroxylation sites is 1. The molecule has 2 N–H and O–H groups in total. The van der Waals surface area contributed by atoms with Crippen LogP contribution in [0.4, 0.5) is 0 Å². The van der Waals surface area contributed by atoms with Crippen LogP contribution in [0, 0.1) is 6.92 Å². The van der Waals surface area contributed by atoms with Gasteiger partial charge in [-0.2, -0.15) is 0 Å². The standard InChI is InChI=1S/C19H26N6O/c1-12(16-11-26-17-7-5-4-6-15(16)17)21-19(22-14-8-9-14)20-10-18-24-23-13(2)25(18)3/h4-7,12,14,16H,8-11H2,1-3H3,(H2,20,21,22). The van der Waals surface area contributed by atoms with Crippen LogP contribution >= 0.6 is 0 Å². The fourth-order valence-electron chi connectivity index (χ4n) is 3.21. The number of nitrogens with one attached hydrogen (secondary N) is 2.